The van der Waals surface area contributed by atoms with E-state index in [1.54, 1.807) is 12.1 Å². The van der Waals surface area contributed by atoms with Gasteiger partial charge in [-0.1, -0.05) is 30.3 Å². The largest absolute Gasteiger partial charge is 0.491 e. The van der Waals surface area contributed by atoms with E-state index < -0.39 is 5.41 Å². The van der Waals surface area contributed by atoms with Crippen molar-refractivity contribution in [2.24, 2.45) is 11.8 Å². The number of benzene rings is 2. The summed E-state index contributed by atoms with van der Waals surface area (Å²) in [5.41, 5.74) is 1.29. The molecule has 5 rings (SSSR count). The summed E-state index contributed by atoms with van der Waals surface area (Å²) in [6.45, 7) is -0.0322. The molecule has 31 heavy (non-hydrogen) atoms. The average molecular weight is 422 g/mol. The van der Waals surface area contributed by atoms with Crippen LogP contribution in [0.15, 0.2) is 42.5 Å². The molecule has 2 aromatic rings. The van der Waals surface area contributed by atoms with Crippen molar-refractivity contribution < 1.29 is 24.5 Å². The first-order valence-electron chi connectivity index (χ1n) is 10.7. The third kappa shape index (κ3) is 3.11. The van der Waals surface area contributed by atoms with Crippen molar-refractivity contribution in [1.29, 1.82) is 0 Å². The van der Waals surface area contributed by atoms with E-state index in [-0.39, 0.29) is 42.7 Å². The van der Waals surface area contributed by atoms with Crippen LogP contribution in [0.2, 0.25) is 0 Å². The summed E-state index contributed by atoms with van der Waals surface area (Å²) in [5, 5.41) is 25.8. The van der Waals surface area contributed by atoms with Crippen molar-refractivity contribution in [1.82, 2.24) is 10.6 Å². The zero-order valence-corrected chi connectivity index (χ0v) is 17.3. The Hall–Kier alpha value is -2.90. The Kier molecular flexibility index (Phi) is 4.75. The van der Waals surface area contributed by atoms with Crippen LogP contribution in [-0.2, 0) is 5.41 Å². The Bertz CT molecular complexity index is 1030. The van der Waals surface area contributed by atoms with Crippen molar-refractivity contribution in [2.45, 2.75) is 30.4 Å². The number of carbonyl (C=O) groups is 2. The summed E-state index contributed by atoms with van der Waals surface area (Å²) in [4.78, 5) is 25.7. The van der Waals surface area contributed by atoms with Crippen LogP contribution < -0.4 is 15.4 Å². The molecule has 1 unspecified atom stereocenters. The highest BCUT2D eigenvalue weighted by Gasteiger charge is 2.56. The van der Waals surface area contributed by atoms with Gasteiger partial charge in [-0.25, -0.2) is 0 Å². The van der Waals surface area contributed by atoms with Crippen LogP contribution in [-0.4, -0.2) is 54.4 Å². The Labute approximate surface area is 180 Å². The summed E-state index contributed by atoms with van der Waals surface area (Å²) in [5.74, 6) is 0.458. The summed E-state index contributed by atoms with van der Waals surface area (Å²) in [7, 11) is 1.53. The molecular formula is C24H26N2O5. The molecule has 3 aliphatic rings. The SMILES string of the molecule is CNC(=O)c1cc(C(=O)N[C@H]2[C@@H]3C[C@@H](O)C[C@@H]32)cc2c1OCC2(CO)c1ccccc1. The van der Waals surface area contributed by atoms with E-state index in [0.717, 1.165) is 18.4 Å². The molecule has 7 heteroatoms. The van der Waals surface area contributed by atoms with Gasteiger partial charge >= 0.3 is 0 Å². The van der Waals surface area contributed by atoms with E-state index in [9.17, 15) is 19.8 Å². The molecule has 0 spiro atoms. The Morgan fingerprint density at radius 1 is 1.13 bits per heavy atom. The summed E-state index contributed by atoms with van der Waals surface area (Å²) in [6.07, 6.45) is 1.17. The average Bonchev–Trinajstić information content (AvgIpc) is 3.13. The fraction of sp³-hybridized carbons (Fsp3) is 0.417. The molecule has 0 radical (unpaired) electrons. The Morgan fingerprint density at radius 2 is 1.84 bits per heavy atom. The number of aliphatic hydroxyl groups excluding tert-OH is 2. The van der Waals surface area contributed by atoms with Crippen LogP contribution in [0.4, 0.5) is 0 Å². The smallest absolute Gasteiger partial charge is 0.254 e. The molecule has 2 saturated carbocycles. The number of aliphatic hydroxyl groups is 2. The van der Waals surface area contributed by atoms with Crippen LogP contribution in [0.5, 0.6) is 5.75 Å². The first-order chi connectivity index (χ1) is 15.0. The van der Waals surface area contributed by atoms with Crippen LogP contribution in [0, 0.1) is 11.8 Å². The zero-order chi connectivity index (χ0) is 21.8. The molecule has 5 atom stereocenters. The van der Waals surface area contributed by atoms with Crippen molar-refractivity contribution in [3.8, 4) is 5.75 Å². The summed E-state index contributed by atoms with van der Waals surface area (Å²) >= 11 is 0. The minimum atomic E-state index is -0.851. The van der Waals surface area contributed by atoms with E-state index in [0.29, 0.717) is 28.7 Å². The lowest BCUT2D eigenvalue weighted by molar-refractivity contribution is 0.0936. The molecule has 7 nitrogen and oxygen atoms in total. The topological polar surface area (TPSA) is 108 Å². The predicted octanol–water partition coefficient (Wildman–Crippen LogP) is 1.22. The number of ether oxygens (including phenoxy) is 1. The third-order valence-electron chi connectivity index (χ3n) is 7.12. The lowest BCUT2D eigenvalue weighted by Crippen LogP contribution is -2.34. The van der Waals surface area contributed by atoms with E-state index >= 15 is 0 Å². The Morgan fingerprint density at radius 3 is 2.48 bits per heavy atom. The van der Waals surface area contributed by atoms with Crippen LogP contribution in [0.1, 0.15) is 44.7 Å². The van der Waals surface area contributed by atoms with Gasteiger partial charge in [0.05, 0.1) is 23.7 Å². The predicted molar refractivity (Wildman–Crippen MR) is 113 cm³/mol. The van der Waals surface area contributed by atoms with Crippen molar-refractivity contribution >= 4 is 11.8 Å². The minimum Gasteiger partial charge on any atom is -0.491 e. The van der Waals surface area contributed by atoms with Crippen LogP contribution in [0.25, 0.3) is 0 Å². The number of hydrogen-bond donors (Lipinski definition) is 4. The van der Waals surface area contributed by atoms with Crippen LogP contribution in [0.3, 0.4) is 0 Å². The number of rotatable bonds is 5. The maximum Gasteiger partial charge on any atom is 0.254 e. The van der Waals surface area contributed by atoms with Gasteiger partial charge in [0.25, 0.3) is 11.8 Å². The van der Waals surface area contributed by atoms with Crippen LogP contribution >= 0.6 is 0 Å². The number of fused-ring (bicyclic) bond motifs is 2. The molecule has 1 heterocycles. The number of carbonyl (C=O) groups excluding carboxylic acids is 2. The second kappa shape index (κ2) is 7.35. The van der Waals surface area contributed by atoms with Gasteiger partial charge in [-0.2, -0.15) is 0 Å². The molecule has 0 bridgehead atoms. The standard InChI is InChI=1S/C24H26N2O5/c1-25-23(30)18-7-13(22(29)26-20-16-9-15(28)10-17(16)20)8-19-21(18)31-12-24(19,11-27)14-5-3-2-4-6-14/h2-8,15-17,20,27-28H,9-12H2,1H3,(H,25,30)(H,26,29)/t15-,16-,17+,20+,24?. The normalized spacial score (nSPS) is 30.2. The third-order valence-corrected chi connectivity index (χ3v) is 7.12. The van der Waals surface area contributed by atoms with Gasteiger partial charge in [-0.3, -0.25) is 9.59 Å². The zero-order valence-electron chi connectivity index (χ0n) is 17.3. The number of nitrogens with one attached hydrogen (secondary N) is 2. The van der Waals surface area contributed by atoms with Gasteiger partial charge < -0.3 is 25.6 Å². The first kappa shape index (κ1) is 20.0. The van der Waals surface area contributed by atoms with Crippen molar-refractivity contribution in [2.75, 3.05) is 20.3 Å². The molecular weight excluding hydrogens is 396 g/mol. The highest BCUT2D eigenvalue weighted by molar-refractivity contribution is 6.02. The monoisotopic (exact) mass is 422 g/mol. The van der Waals surface area contributed by atoms with Gasteiger partial charge in [0, 0.05) is 24.2 Å². The summed E-state index contributed by atoms with van der Waals surface area (Å²) < 4.78 is 5.93. The van der Waals surface area contributed by atoms with Gasteiger partial charge in [-0.15, -0.1) is 0 Å². The fourth-order valence-electron chi connectivity index (χ4n) is 5.33. The Balaban J connectivity index is 1.54. The minimum absolute atomic E-state index is 0.0700. The molecule has 4 N–H and O–H groups in total. The molecule has 0 saturated heterocycles. The molecule has 2 fully saturated rings. The van der Waals surface area contributed by atoms with Gasteiger partial charge in [0.1, 0.15) is 12.4 Å². The maximum absolute atomic E-state index is 13.1. The first-order valence-corrected chi connectivity index (χ1v) is 10.7. The number of hydrogen-bond acceptors (Lipinski definition) is 5. The molecule has 1 aliphatic heterocycles. The highest BCUT2D eigenvalue weighted by atomic mass is 16.5. The molecule has 2 aromatic carbocycles. The highest BCUT2D eigenvalue weighted by Crippen LogP contribution is 2.52. The number of amides is 2. The second-order valence-corrected chi connectivity index (χ2v) is 8.83. The lowest BCUT2D eigenvalue weighted by Gasteiger charge is -2.26. The van der Waals surface area contributed by atoms with Crippen molar-refractivity contribution in [3.05, 3.63) is 64.7 Å². The van der Waals surface area contributed by atoms with Gasteiger partial charge in [-0.05, 0) is 42.4 Å². The van der Waals surface area contributed by atoms with E-state index in [2.05, 4.69) is 10.6 Å². The molecule has 162 valence electrons. The molecule has 2 aliphatic carbocycles. The molecule has 2 amide bonds. The quantitative estimate of drug-likeness (QED) is 0.580. The van der Waals surface area contributed by atoms with E-state index in [1.807, 2.05) is 30.3 Å². The fourth-order valence-corrected chi connectivity index (χ4v) is 5.33. The van der Waals surface area contributed by atoms with Gasteiger partial charge in [0.15, 0.2) is 0 Å². The molecule has 0 aromatic heterocycles. The summed E-state index contributed by atoms with van der Waals surface area (Å²) in [6, 6.07) is 12.9. The lowest BCUT2D eigenvalue weighted by atomic mass is 9.76. The van der Waals surface area contributed by atoms with Crippen molar-refractivity contribution in [3.63, 3.8) is 0 Å². The second-order valence-electron chi connectivity index (χ2n) is 8.83. The van der Waals surface area contributed by atoms with Gasteiger partial charge in [0.2, 0.25) is 0 Å². The van der Waals surface area contributed by atoms with E-state index in [1.165, 1.54) is 7.05 Å². The maximum atomic E-state index is 13.1. The van der Waals surface area contributed by atoms with E-state index in [4.69, 9.17) is 4.74 Å².